The molecule has 146 valence electrons. The van der Waals surface area contributed by atoms with Crippen LogP contribution in [0.15, 0.2) is 41.4 Å². The van der Waals surface area contributed by atoms with Crippen molar-refractivity contribution in [1.29, 1.82) is 10.5 Å². The van der Waals surface area contributed by atoms with Gasteiger partial charge in [-0.1, -0.05) is 35.9 Å². The molecule has 0 fully saturated rings. The topological polar surface area (TPSA) is 175 Å². The number of aromatic nitrogens is 3. The highest BCUT2D eigenvalue weighted by atomic mass is 35.5. The first kappa shape index (κ1) is 18.9. The highest BCUT2D eigenvalue weighted by Crippen LogP contribution is 2.40. The van der Waals surface area contributed by atoms with E-state index in [0.29, 0.717) is 22.2 Å². The van der Waals surface area contributed by atoms with Crippen molar-refractivity contribution in [2.24, 2.45) is 4.99 Å². The number of nitrogens with zero attached hydrogens (tertiary/aromatic N) is 6. The third-order valence-electron chi connectivity index (χ3n) is 4.51. The maximum Gasteiger partial charge on any atom is 0.211 e. The average molecular weight is 417 g/mol. The molecule has 0 saturated carbocycles. The molecule has 3 aromatic rings. The van der Waals surface area contributed by atoms with Gasteiger partial charge in [-0.15, -0.1) is 10.2 Å². The Bertz CT molecular complexity index is 1240. The second kappa shape index (κ2) is 7.54. The van der Waals surface area contributed by atoms with Crippen LogP contribution in [0, 0.1) is 22.8 Å². The van der Waals surface area contributed by atoms with Gasteiger partial charge >= 0.3 is 0 Å². The maximum atomic E-state index is 9.39. The van der Waals surface area contributed by atoms with Gasteiger partial charge < -0.3 is 16.8 Å². The van der Waals surface area contributed by atoms with E-state index in [0.717, 1.165) is 11.1 Å². The molecule has 6 N–H and O–H groups in total. The molecule has 1 aromatic carbocycles. The number of hydrogen-bond acceptors (Lipinski definition) is 10. The van der Waals surface area contributed by atoms with Gasteiger partial charge in [0.15, 0.2) is 11.3 Å². The second-order valence-corrected chi connectivity index (χ2v) is 6.65. The van der Waals surface area contributed by atoms with Crippen LogP contribution in [-0.4, -0.2) is 21.1 Å². The molecular formula is C19H13ClN10. The Kier molecular flexibility index (Phi) is 4.76. The third kappa shape index (κ3) is 3.28. The number of pyridine rings is 1. The van der Waals surface area contributed by atoms with E-state index in [9.17, 15) is 5.26 Å². The molecule has 11 heteroatoms. The van der Waals surface area contributed by atoms with E-state index in [2.05, 4.69) is 30.8 Å². The van der Waals surface area contributed by atoms with Gasteiger partial charge in [0, 0.05) is 11.1 Å². The van der Waals surface area contributed by atoms with E-state index < -0.39 is 6.04 Å². The lowest BCUT2D eigenvalue weighted by Gasteiger charge is -2.26. The van der Waals surface area contributed by atoms with Crippen LogP contribution in [0.3, 0.4) is 0 Å². The van der Waals surface area contributed by atoms with Crippen LogP contribution in [0.1, 0.15) is 22.7 Å². The number of guanidine groups is 1. The molecule has 0 radical (unpaired) electrons. The molecule has 3 heterocycles. The zero-order chi connectivity index (χ0) is 21.3. The van der Waals surface area contributed by atoms with Crippen LogP contribution in [0.25, 0.3) is 11.3 Å². The van der Waals surface area contributed by atoms with Gasteiger partial charge in [-0.25, -0.2) is 9.98 Å². The summed E-state index contributed by atoms with van der Waals surface area (Å²) in [4.78, 5) is 8.75. The van der Waals surface area contributed by atoms with Gasteiger partial charge in [0.2, 0.25) is 5.96 Å². The Labute approximate surface area is 175 Å². The van der Waals surface area contributed by atoms with Crippen LogP contribution in [0.5, 0.6) is 0 Å². The number of hydrogen-bond donors (Lipinski definition) is 4. The molecule has 0 spiro atoms. The van der Waals surface area contributed by atoms with Crippen molar-refractivity contribution in [3.8, 4) is 23.5 Å². The fourth-order valence-electron chi connectivity index (χ4n) is 3.13. The quantitative estimate of drug-likeness (QED) is 0.360. The molecule has 1 unspecified atom stereocenters. The highest BCUT2D eigenvalue weighted by molar-refractivity contribution is 6.29. The van der Waals surface area contributed by atoms with Crippen molar-refractivity contribution in [2.45, 2.75) is 6.04 Å². The standard InChI is InChI=1S/C19H13ClN10/c20-13-6-5-12(29-30-13)9-1-3-10(4-2-9)16-14-15(23)11(7-21)17(24)27-18(14)28-19(26-16)25-8-22/h1-6,16H,(H6,23,24,25,26,27,28). The van der Waals surface area contributed by atoms with Crippen LogP contribution in [0.4, 0.5) is 17.3 Å². The van der Waals surface area contributed by atoms with Crippen LogP contribution >= 0.6 is 11.6 Å². The number of benzene rings is 1. The summed E-state index contributed by atoms with van der Waals surface area (Å²) in [5, 5.41) is 31.9. The second-order valence-electron chi connectivity index (χ2n) is 6.27. The number of fused-ring (bicyclic) bond motifs is 1. The zero-order valence-electron chi connectivity index (χ0n) is 15.3. The summed E-state index contributed by atoms with van der Waals surface area (Å²) >= 11 is 5.79. The van der Waals surface area contributed by atoms with Crippen molar-refractivity contribution >= 4 is 34.9 Å². The van der Waals surface area contributed by atoms with Gasteiger partial charge in [0.05, 0.1) is 11.4 Å². The smallest absolute Gasteiger partial charge is 0.211 e. The van der Waals surface area contributed by atoms with Gasteiger partial charge in [-0.3, -0.25) is 5.32 Å². The van der Waals surface area contributed by atoms with E-state index in [1.807, 2.05) is 36.5 Å². The first-order valence-electron chi connectivity index (χ1n) is 8.60. The summed E-state index contributed by atoms with van der Waals surface area (Å²) < 4.78 is 0. The fraction of sp³-hybridized carbons (Fsp3) is 0.0526. The Morgan fingerprint density at radius 2 is 1.83 bits per heavy atom. The number of nitriles is 2. The van der Waals surface area contributed by atoms with Gasteiger partial charge in [0.25, 0.3) is 0 Å². The molecule has 1 atom stereocenters. The molecule has 30 heavy (non-hydrogen) atoms. The number of nitrogen functional groups attached to an aromatic ring is 2. The largest absolute Gasteiger partial charge is 0.397 e. The minimum atomic E-state index is -0.609. The van der Waals surface area contributed by atoms with Gasteiger partial charge in [-0.05, 0) is 17.7 Å². The van der Waals surface area contributed by atoms with Crippen molar-refractivity contribution in [3.05, 3.63) is 58.2 Å². The molecule has 4 rings (SSSR count). The summed E-state index contributed by atoms with van der Waals surface area (Å²) in [7, 11) is 0. The average Bonchev–Trinajstić information content (AvgIpc) is 2.74. The number of aliphatic imine (C=N–C) groups is 1. The summed E-state index contributed by atoms with van der Waals surface area (Å²) in [6.07, 6.45) is 1.82. The molecule has 10 nitrogen and oxygen atoms in total. The Hall–Kier alpha value is -4.41. The zero-order valence-corrected chi connectivity index (χ0v) is 16.0. The van der Waals surface area contributed by atoms with Crippen molar-refractivity contribution in [3.63, 3.8) is 0 Å². The lowest BCUT2D eigenvalue weighted by atomic mass is 9.94. The molecule has 0 saturated heterocycles. The molecular weight excluding hydrogens is 404 g/mol. The first-order valence-corrected chi connectivity index (χ1v) is 8.98. The summed E-state index contributed by atoms with van der Waals surface area (Å²) in [6.45, 7) is 0. The third-order valence-corrected chi connectivity index (χ3v) is 4.71. The number of halogens is 1. The van der Waals surface area contributed by atoms with Gasteiger partial charge in [0.1, 0.15) is 29.3 Å². The summed E-state index contributed by atoms with van der Waals surface area (Å²) in [5.74, 6) is 0.517. The summed E-state index contributed by atoms with van der Waals surface area (Å²) in [5.41, 5.74) is 15.1. The van der Waals surface area contributed by atoms with Crippen LogP contribution < -0.4 is 22.1 Å². The molecule has 1 aliphatic heterocycles. The van der Waals surface area contributed by atoms with Gasteiger partial charge in [-0.2, -0.15) is 10.5 Å². The minimum absolute atomic E-state index is 0.00475. The highest BCUT2D eigenvalue weighted by Gasteiger charge is 2.29. The van der Waals surface area contributed by atoms with Crippen molar-refractivity contribution in [1.82, 2.24) is 20.5 Å². The van der Waals surface area contributed by atoms with Crippen LogP contribution in [0.2, 0.25) is 5.15 Å². The number of anilines is 3. The SMILES string of the molecule is N#CNC1=NC(c2ccc(-c3ccc(Cl)nn3)cc2)c2c(nc(N)c(C#N)c2N)N1. The molecule has 0 bridgehead atoms. The lowest BCUT2D eigenvalue weighted by molar-refractivity contribution is 0.847. The Morgan fingerprint density at radius 3 is 2.47 bits per heavy atom. The Morgan fingerprint density at radius 1 is 1.07 bits per heavy atom. The van der Waals surface area contributed by atoms with E-state index in [1.54, 1.807) is 12.1 Å². The monoisotopic (exact) mass is 416 g/mol. The molecule has 1 aliphatic rings. The Balaban J connectivity index is 1.80. The molecule has 0 aliphatic carbocycles. The van der Waals surface area contributed by atoms with E-state index in [4.69, 9.17) is 28.3 Å². The van der Waals surface area contributed by atoms with Crippen molar-refractivity contribution in [2.75, 3.05) is 16.8 Å². The number of rotatable bonds is 2. The van der Waals surface area contributed by atoms with Crippen molar-refractivity contribution < 1.29 is 0 Å². The maximum absolute atomic E-state index is 9.39. The van der Waals surface area contributed by atoms with Crippen LogP contribution in [-0.2, 0) is 0 Å². The van der Waals surface area contributed by atoms with E-state index in [1.165, 1.54) is 0 Å². The lowest BCUT2D eigenvalue weighted by Crippen LogP contribution is -2.32. The van der Waals surface area contributed by atoms with E-state index >= 15 is 0 Å². The number of nitrogens with one attached hydrogen (secondary N) is 2. The predicted molar refractivity (Wildman–Crippen MR) is 112 cm³/mol. The minimum Gasteiger partial charge on any atom is -0.397 e. The molecule has 0 amide bonds. The normalized spacial score (nSPS) is 14.5. The molecule has 2 aromatic heterocycles. The fourth-order valence-corrected chi connectivity index (χ4v) is 3.23. The predicted octanol–water partition coefficient (Wildman–Crippen LogP) is 2.17. The van der Waals surface area contributed by atoms with E-state index in [-0.39, 0.29) is 23.0 Å². The summed E-state index contributed by atoms with van der Waals surface area (Å²) in [6, 6.07) is 12.2. The number of nitrogens with two attached hydrogens (primary N) is 2. The first-order chi connectivity index (χ1) is 14.5.